The van der Waals surface area contributed by atoms with E-state index in [9.17, 15) is 0 Å². The molecule has 4 nitrogen and oxygen atoms in total. The maximum absolute atomic E-state index is 5.41. The average Bonchev–Trinajstić information content (AvgIpc) is 2.28. The van der Waals surface area contributed by atoms with Crippen molar-refractivity contribution in [2.24, 2.45) is 5.73 Å². The van der Waals surface area contributed by atoms with Gasteiger partial charge in [0.1, 0.15) is 0 Å². The molecule has 0 spiro atoms. The van der Waals surface area contributed by atoms with Crippen LogP contribution in [0.5, 0.6) is 11.5 Å². The predicted molar refractivity (Wildman–Crippen MR) is 68.0 cm³/mol. The van der Waals surface area contributed by atoms with E-state index in [0.29, 0.717) is 12.3 Å². The van der Waals surface area contributed by atoms with Crippen LogP contribution in [0.25, 0.3) is 0 Å². The van der Waals surface area contributed by atoms with Crippen LogP contribution >= 0.6 is 15.9 Å². The largest absolute Gasteiger partial charge is 0.493 e. The van der Waals surface area contributed by atoms with Gasteiger partial charge in [-0.1, -0.05) is 0 Å². The van der Waals surface area contributed by atoms with Gasteiger partial charge in [-0.2, -0.15) is 0 Å². The molecule has 0 aromatic heterocycles. The van der Waals surface area contributed by atoms with Gasteiger partial charge in [-0.05, 0) is 33.6 Å². The van der Waals surface area contributed by atoms with E-state index in [1.165, 1.54) is 0 Å². The van der Waals surface area contributed by atoms with Crippen LogP contribution in [0.3, 0.4) is 0 Å². The Morgan fingerprint density at radius 3 is 2.62 bits per heavy atom. The summed E-state index contributed by atoms with van der Waals surface area (Å²) in [6.45, 7) is 2.19. The van der Waals surface area contributed by atoms with Crippen LogP contribution in [-0.2, 0) is 6.54 Å². The molecule has 0 heterocycles. The minimum absolute atomic E-state index is 0.633. The molecule has 1 rings (SSSR count). The number of rotatable bonds is 6. The topological polar surface area (TPSA) is 56.5 Å². The first-order valence-corrected chi connectivity index (χ1v) is 5.83. The van der Waals surface area contributed by atoms with Crippen molar-refractivity contribution in [2.45, 2.75) is 6.54 Å². The highest BCUT2D eigenvalue weighted by molar-refractivity contribution is 9.10. The fourth-order valence-electron chi connectivity index (χ4n) is 1.41. The second-order valence-corrected chi connectivity index (χ2v) is 4.13. The van der Waals surface area contributed by atoms with Gasteiger partial charge in [-0.25, -0.2) is 0 Å². The van der Waals surface area contributed by atoms with E-state index in [0.717, 1.165) is 28.9 Å². The van der Waals surface area contributed by atoms with Gasteiger partial charge in [-0.15, -0.1) is 0 Å². The molecule has 0 radical (unpaired) electrons. The molecule has 0 amide bonds. The average molecular weight is 289 g/mol. The van der Waals surface area contributed by atoms with Crippen LogP contribution in [0.15, 0.2) is 16.6 Å². The van der Waals surface area contributed by atoms with Crippen molar-refractivity contribution in [3.05, 3.63) is 22.2 Å². The molecule has 0 saturated carbocycles. The number of nitrogens with two attached hydrogens (primary N) is 1. The molecule has 0 atom stereocenters. The first-order valence-electron chi connectivity index (χ1n) is 5.04. The molecule has 90 valence electrons. The lowest BCUT2D eigenvalue weighted by Gasteiger charge is -2.12. The molecular weight excluding hydrogens is 272 g/mol. The molecule has 0 aliphatic carbocycles. The predicted octanol–water partition coefficient (Wildman–Crippen LogP) is 1.51. The van der Waals surface area contributed by atoms with Crippen LogP contribution in [0.2, 0.25) is 0 Å². The highest BCUT2D eigenvalue weighted by Crippen LogP contribution is 2.36. The van der Waals surface area contributed by atoms with Crippen molar-refractivity contribution >= 4 is 15.9 Å². The van der Waals surface area contributed by atoms with Crippen molar-refractivity contribution in [1.82, 2.24) is 5.32 Å². The van der Waals surface area contributed by atoms with Gasteiger partial charge in [0.2, 0.25) is 0 Å². The SMILES string of the molecule is COc1cc(CNCCN)cc(Br)c1OC. The Morgan fingerprint density at radius 2 is 2.06 bits per heavy atom. The summed E-state index contributed by atoms with van der Waals surface area (Å²) in [6.07, 6.45) is 0. The summed E-state index contributed by atoms with van der Waals surface area (Å²) in [6, 6.07) is 3.96. The van der Waals surface area contributed by atoms with Gasteiger partial charge in [0.25, 0.3) is 0 Å². The van der Waals surface area contributed by atoms with E-state index in [1.54, 1.807) is 14.2 Å². The maximum Gasteiger partial charge on any atom is 0.174 e. The molecule has 16 heavy (non-hydrogen) atoms. The molecule has 0 fully saturated rings. The summed E-state index contributed by atoms with van der Waals surface area (Å²) < 4.78 is 11.4. The Kier molecular flexibility index (Phi) is 5.59. The second-order valence-electron chi connectivity index (χ2n) is 3.28. The Morgan fingerprint density at radius 1 is 1.31 bits per heavy atom. The van der Waals surface area contributed by atoms with Gasteiger partial charge in [0.15, 0.2) is 11.5 Å². The zero-order valence-electron chi connectivity index (χ0n) is 9.55. The van der Waals surface area contributed by atoms with Gasteiger partial charge >= 0.3 is 0 Å². The molecule has 0 bridgehead atoms. The van der Waals surface area contributed by atoms with Crippen molar-refractivity contribution < 1.29 is 9.47 Å². The molecule has 0 saturated heterocycles. The number of nitrogens with one attached hydrogen (secondary N) is 1. The fourth-order valence-corrected chi connectivity index (χ4v) is 2.06. The van der Waals surface area contributed by atoms with Crippen molar-refractivity contribution in [3.8, 4) is 11.5 Å². The summed E-state index contributed by atoms with van der Waals surface area (Å²) in [5.41, 5.74) is 6.53. The lowest BCUT2D eigenvalue weighted by atomic mass is 10.2. The molecule has 5 heteroatoms. The standard InChI is InChI=1S/C11H17BrN2O2/c1-15-10-6-8(7-14-4-3-13)5-9(12)11(10)16-2/h5-6,14H,3-4,7,13H2,1-2H3. The number of benzene rings is 1. The molecule has 3 N–H and O–H groups in total. The first kappa shape index (κ1) is 13.3. The summed E-state index contributed by atoms with van der Waals surface area (Å²) in [4.78, 5) is 0. The molecule has 0 unspecified atom stereocenters. The number of hydrogen-bond donors (Lipinski definition) is 2. The van der Waals surface area contributed by atoms with Gasteiger partial charge < -0.3 is 20.5 Å². The minimum atomic E-state index is 0.633. The monoisotopic (exact) mass is 288 g/mol. The van der Waals surface area contributed by atoms with E-state index in [1.807, 2.05) is 12.1 Å². The van der Waals surface area contributed by atoms with Crippen LogP contribution in [0, 0.1) is 0 Å². The molecule has 1 aromatic rings. The lowest BCUT2D eigenvalue weighted by molar-refractivity contribution is 0.352. The minimum Gasteiger partial charge on any atom is -0.493 e. The number of methoxy groups -OCH3 is 2. The Labute approximate surface area is 104 Å². The summed E-state index contributed by atoms with van der Waals surface area (Å²) in [5.74, 6) is 1.44. The second kappa shape index (κ2) is 6.73. The zero-order valence-corrected chi connectivity index (χ0v) is 11.1. The van der Waals surface area contributed by atoms with Crippen LogP contribution < -0.4 is 20.5 Å². The van der Waals surface area contributed by atoms with Gasteiger partial charge in [0, 0.05) is 19.6 Å². The third-order valence-corrected chi connectivity index (χ3v) is 2.73. The van der Waals surface area contributed by atoms with E-state index >= 15 is 0 Å². The summed E-state index contributed by atoms with van der Waals surface area (Å²) in [7, 11) is 3.25. The van der Waals surface area contributed by atoms with Gasteiger partial charge in [-0.3, -0.25) is 0 Å². The maximum atomic E-state index is 5.41. The summed E-state index contributed by atoms with van der Waals surface area (Å²) >= 11 is 3.45. The van der Waals surface area contributed by atoms with Crippen LogP contribution in [0.4, 0.5) is 0 Å². The normalized spacial score (nSPS) is 10.2. The molecule has 0 aliphatic rings. The molecule has 0 aliphatic heterocycles. The Hall–Kier alpha value is -0.780. The van der Waals surface area contributed by atoms with Crippen LogP contribution in [-0.4, -0.2) is 27.3 Å². The third kappa shape index (κ3) is 3.37. The number of hydrogen-bond acceptors (Lipinski definition) is 4. The van der Waals surface area contributed by atoms with E-state index in [-0.39, 0.29) is 0 Å². The first-order chi connectivity index (χ1) is 7.72. The van der Waals surface area contributed by atoms with Gasteiger partial charge in [0.05, 0.1) is 18.7 Å². The van der Waals surface area contributed by atoms with E-state index in [4.69, 9.17) is 15.2 Å². The highest BCUT2D eigenvalue weighted by Gasteiger charge is 2.09. The van der Waals surface area contributed by atoms with Crippen molar-refractivity contribution in [1.29, 1.82) is 0 Å². The Bertz CT molecular complexity index is 345. The quantitative estimate of drug-likeness (QED) is 0.780. The van der Waals surface area contributed by atoms with E-state index < -0.39 is 0 Å². The summed E-state index contributed by atoms with van der Waals surface area (Å²) in [5, 5.41) is 3.23. The van der Waals surface area contributed by atoms with Crippen molar-refractivity contribution in [3.63, 3.8) is 0 Å². The third-order valence-electron chi connectivity index (χ3n) is 2.14. The lowest BCUT2D eigenvalue weighted by Crippen LogP contribution is -2.21. The molecular formula is C11H17BrN2O2. The van der Waals surface area contributed by atoms with Crippen molar-refractivity contribution in [2.75, 3.05) is 27.3 Å². The Balaban J connectivity index is 2.83. The van der Waals surface area contributed by atoms with E-state index in [2.05, 4.69) is 21.2 Å². The smallest absolute Gasteiger partial charge is 0.174 e. The number of halogens is 1. The highest BCUT2D eigenvalue weighted by atomic mass is 79.9. The zero-order chi connectivity index (χ0) is 12.0. The fraction of sp³-hybridized carbons (Fsp3) is 0.455. The number of ether oxygens (including phenoxy) is 2. The van der Waals surface area contributed by atoms with Crippen LogP contribution in [0.1, 0.15) is 5.56 Å². The molecule has 1 aromatic carbocycles.